The summed E-state index contributed by atoms with van der Waals surface area (Å²) < 4.78 is 10.3. The van der Waals surface area contributed by atoms with Gasteiger partial charge in [-0.05, 0) is 73.6 Å². The van der Waals surface area contributed by atoms with Crippen molar-refractivity contribution in [3.05, 3.63) is 0 Å². The number of carbonyl (C=O) groups is 5. The molecule has 0 radical (unpaired) electrons. The van der Waals surface area contributed by atoms with Crippen LogP contribution in [0.4, 0.5) is 9.59 Å². The van der Waals surface area contributed by atoms with Crippen LogP contribution in [0.25, 0.3) is 0 Å². The lowest BCUT2D eigenvalue weighted by atomic mass is 10.2. The first-order valence-corrected chi connectivity index (χ1v) is 14.9. The van der Waals surface area contributed by atoms with Gasteiger partial charge in [0.15, 0.2) is 0 Å². The van der Waals surface area contributed by atoms with Gasteiger partial charge >= 0.3 is 12.2 Å². The van der Waals surface area contributed by atoms with Crippen LogP contribution in [0, 0.1) is 0 Å². The second kappa shape index (κ2) is 21.7. The van der Waals surface area contributed by atoms with Gasteiger partial charge in [0.1, 0.15) is 11.2 Å². The molecule has 5 N–H and O–H groups in total. The second-order valence-electron chi connectivity index (χ2n) is 12.0. The largest absolute Gasteiger partial charge is 0.444 e. The molecule has 238 valence electrons. The zero-order valence-corrected chi connectivity index (χ0v) is 26.2. The fourth-order valence-corrected chi connectivity index (χ4v) is 3.50. The summed E-state index contributed by atoms with van der Waals surface area (Å²) in [6.45, 7) is 13.0. The molecule has 0 fully saturated rings. The van der Waals surface area contributed by atoms with Gasteiger partial charge in [0.2, 0.25) is 17.7 Å². The van der Waals surface area contributed by atoms with E-state index in [2.05, 4.69) is 26.6 Å². The minimum Gasteiger partial charge on any atom is -0.444 e. The van der Waals surface area contributed by atoms with E-state index in [4.69, 9.17) is 9.47 Å². The Morgan fingerprint density at radius 2 is 0.780 bits per heavy atom. The maximum absolute atomic E-state index is 11.9. The Hall–Kier alpha value is -3.05. The van der Waals surface area contributed by atoms with E-state index >= 15 is 0 Å². The highest BCUT2D eigenvalue weighted by Crippen LogP contribution is 2.07. The number of nitrogens with one attached hydrogen (secondary N) is 5. The average Bonchev–Trinajstić information content (AvgIpc) is 2.83. The van der Waals surface area contributed by atoms with Crippen molar-refractivity contribution >= 4 is 29.9 Å². The molecule has 0 aliphatic rings. The highest BCUT2D eigenvalue weighted by Gasteiger charge is 2.16. The van der Waals surface area contributed by atoms with Crippen LogP contribution in [-0.4, -0.2) is 73.8 Å². The van der Waals surface area contributed by atoms with E-state index < -0.39 is 23.4 Å². The molecule has 0 aromatic carbocycles. The third kappa shape index (κ3) is 28.3. The van der Waals surface area contributed by atoms with Gasteiger partial charge in [-0.1, -0.05) is 25.7 Å². The fraction of sp³-hybridized carbons (Fsp3) is 0.828. The lowest BCUT2D eigenvalue weighted by Gasteiger charge is -2.19. The van der Waals surface area contributed by atoms with Gasteiger partial charge in [-0.3, -0.25) is 14.4 Å². The molecular formula is C29H55N5O7. The van der Waals surface area contributed by atoms with Crippen LogP contribution in [0.5, 0.6) is 0 Å². The molecule has 5 amide bonds. The number of unbranched alkanes of at least 4 members (excludes halogenated alkanes) is 6. The molecule has 0 saturated carbocycles. The van der Waals surface area contributed by atoms with Crippen molar-refractivity contribution in [1.29, 1.82) is 0 Å². The van der Waals surface area contributed by atoms with Gasteiger partial charge in [0, 0.05) is 39.0 Å². The van der Waals surface area contributed by atoms with Crippen LogP contribution < -0.4 is 26.6 Å². The molecular weight excluding hydrogens is 530 g/mol. The van der Waals surface area contributed by atoms with Crippen molar-refractivity contribution < 1.29 is 33.4 Å². The van der Waals surface area contributed by atoms with Crippen molar-refractivity contribution in [3.63, 3.8) is 0 Å². The van der Waals surface area contributed by atoms with E-state index in [0.29, 0.717) is 32.6 Å². The smallest absolute Gasteiger partial charge is 0.407 e. The van der Waals surface area contributed by atoms with Crippen molar-refractivity contribution in [2.75, 3.05) is 32.7 Å². The normalized spacial score (nSPS) is 11.3. The molecule has 0 bridgehead atoms. The molecule has 0 aromatic heterocycles. The summed E-state index contributed by atoms with van der Waals surface area (Å²) >= 11 is 0. The number of rotatable bonds is 20. The molecule has 0 atom stereocenters. The van der Waals surface area contributed by atoms with Gasteiger partial charge in [0.25, 0.3) is 0 Å². The van der Waals surface area contributed by atoms with E-state index in [9.17, 15) is 24.0 Å². The predicted octanol–water partition coefficient (Wildman–Crippen LogP) is 3.68. The summed E-state index contributed by atoms with van der Waals surface area (Å²) in [5, 5.41) is 13.6. The molecule has 41 heavy (non-hydrogen) atoms. The predicted molar refractivity (Wildman–Crippen MR) is 158 cm³/mol. The Morgan fingerprint density at radius 3 is 1.17 bits per heavy atom. The zero-order chi connectivity index (χ0) is 31.2. The summed E-state index contributed by atoms with van der Waals surface area (Å²) in [7, 11) is 0. The molecule has 0 unspecified atom stereocenters. The lowest BCUT2D eigenvalue weighted by molar-refractivity contribution is -0.126. The fourth-order valence-electron chi connectivity index (χ4n) is 3.50. The van der Waals surface area contributed by atoms with Crippen LogP contribution >= 0.6 is 0 Å². The summed E-state index contributed by atoms with van der Waals surface area (Å²) in [5.74, 6) is -0.600. The average molecular weight is 586 g/mol. The minimum atomic E-state index is -0.508. The minimum absolute atomic E-state index is 0.0852. The molecule has 0 spiro atoms. The maximum Gasteiger partial charge on any atom is 0.407 e. The number of carbonyl (C=O) groups excluding carboxylic acids is 5. The zero-order valence-electron chi connectivity index (χ0n) is 26.2. The highest BCUT2D eigenvalue weighted by atomic mass is 16.6. The molecule has 0 aliphatic carbocycles. The Morgan fingerprint density at radius 1 is 0.439 bits per heavy atom. The van der Waals surface area contributed by atoms with E-state index in [1.807, 2.05) is 41.5 Å². The Labute approximate surface area is 246 Å². The second-order valence-corrected chi connectivity index (χ2v) is 12.0. The third-order valence-electron chi connectivity index (χ3n) is 5.44. The van der Waals surface area contributed by atoms with Crippen molar-refractivity contribution in [1.82, 2.24) is 26.6 Å². The van der Waals surface area contributed by atoms with Crippen LogP contribution in [-0.2, 0) is 23.9 Å². The summed E-state index contributed by atoms with van der Waals surface area (Å²) in [5.41, 5.74) is -1.01. The standard InChI is InChI=1S/C29H55N5O7/c1-28(2,3)40-26(38)32-20-13-9-7-11-18-30-23(35)16-15-17-24(36)34-22-25(37)31-19-12-8-10-14-21-33-27(39)41-29(4,5)6/h7-22H2,1-6H3,(H,30,35)(H,31,37)(H,32,38)(H,33,39)(H,34,36). The molecule has 0 aliphatic heterocycles. The molecule has 12 heteroatoms. The molecule has 0 saturated heterocycles. The topological polar surface area (TPSA) is 164 Å². The lowest BCUT2D eigenvalue weighted by Crippen LogP contribution is -2.37. The first-order valence-electron chi connectivity index (χ1n) is 14.9. The van der Waals surface area contributed by atoms with Crippen LogP contribution in [0.2, 0.25) is 0 Å². The van der Waals surface area contributed by atoms with Gasteiger partial charge < -0.3 is 36.1 Å². The summed E-state index contributed by atoms with van der Waals surface area (Å²) in [6, 6.07) is 0. The van der Waals surface area contributed by atoms with Gasteiger partial charge in [-0.25, -0.2) is 9.59 Å². The van der Waals surface area contributed by atoms with Gasteiger partial charge in [-0.2, -0.15) is 0 Å². The Balaban J connectivity index is 3.57. The maximum atomic E-state index is 11.9. The Kier molecular flexibility index (Phi) is 20.1. The Bertz CT molecular complexity index is 791. The number of amides is 5. The molecule has 0 aromatic rings. The quantitative estimate of drug-likeness (QED) is 0.136. The van der Waals surface area contributed by atoms with Crippen LogP contribution in [0.3, 0.4) is 0 Å². The number of alkyl carbamates (subject to hydrolysis) is 2. The number of hydrogen-bond acceptors (Lipinski definition) is 7. The van der Waals surface area contributed by atoms with Gasteiger partial charge in [-0.15, -0.1) is 0 Å². The first kappa shape index (κ1) is 38.0. The third-order valence-corrected chi connectivity index (χ3v) is 5.44. The van der Waals surface area contributed by atoms with Crippen molar-refractivity contribution in [2.45, 2.75) is 123 Å². The van der Waals surface area contributed by atoms with E-state index in [1.54, 1.807) is 0 Å². The highest BCUT2D eigenvalue weighted by molar-refractivity contribution is 5.85. The van der Waals surface area contributed by atoms with Crippen molar-refractivity contribution in [3.8, 4) is 0 Å². The van der Waals surface area contributed by atoms with E-state index in [-0.39, 0.29) is 37.1 Å². The van der Waals surface area contributed by atoms with Crippen LogP contribution in [0.1, 0.15) is 112 Å². The molecule has 12 nitrogen and oxygen atoms in total. The van der Waals surface area contributed by atoms with E-state index in [1.165, 1.54) is 0 Å². The van der Waals surface area contributed by atoms with Gasteiger partial charge in [0.05, 0.1) is 6.54 Å². The van der Waals surface area contributed by atoms with Crippen LogP contribution in [0.15, 0.2) is 0 Å². The monoisotopic (exact) mass is 585 g/mol. The van der Waals surface area contributed by atoms with Crippen molar-refractivity contribution in [2.24, 2.45) is 0 Å². The molecule has 0 rings (SSSR count). The SMILES string of the molecule is CC(C)(C)OC(=O)NCCCCCCNC(=O)CCCC(=O)NCC(=O)NCCCCCCNC(=O)OC(C)(C)C. The molecule has 0 heterocycles. The van der Waals surface area contributed by atoms with E-state index in [0.717, 1.165) is 51.4 Å². The summed E-state index contributed by atoms with van der Waals surface area (Å²) in [4.78, 5) is 58.8. The number of hydrogen-bond donors (Lipinski definition) is 5. The summed E-state index contributed by atoms with van der Waals surface area (Å²) in [6.07, 6.45) is 7.08. The first-order chi connectivity index (χ1) is 19.2. The number of ether oxygens (including phenoxy) is 2.